The largest absolute Gasteiger partial charge is 0.384 e. The fourth-order valence-electron chi connectivity index (χ4n) is 1.29. The number of nitrogens with one attached hydrogen (secondary N) is 1. The van der Waals surface area contributed by atoms with E-state index < -0.39 is 9.84 Å². The molecule has 4 nitrogen and oxygen atoms in total. The van der Waals surface area contributed by atoms with Crippen LogP contribution < -0.4 is 11.1 Å². The summed E-state index contributed by atoms with van der Waals surface area (Å²) in [6.45, 7) is 1.24. The zero-order valence-corrected chi connectivity index (χ0v) is 11.4. The van der Waals surface area contributed by atoms with Crippen LogP contribution in [0.1, 0.15) is 6.42 Å². The zero-order chi connectivity index (χ0) is 12.2. The molecule has 1 aromatic carbocycles. The van der Waals surface area contributed by atoms with Crippen LogP contribution in [0.3, 0.4) is 0 Å². The van der Waals surface area contributed by atoms with E-state index in [-0.39, 0.29) is 0 Å². The molecule has 0 unspecified atom stereocenters. The smallest absolute Gasteiger partial charge is 0.177 e. The maximum absolute atomic E-state index is 11.5. The van der Waals surface area contributed by atoms with Crippen molar-refractivity contribution >= 4 is 31.5 Å². The molecule has 90 valence electrons. The van der Waals surface area contributed by atoms with Crippen molar-refractivity contribution in [2.75, 3.05) is 24.7 Å². The highest BCUT2D eigenvalue weighted by atomic mass is 79.9. The quantitative estimate of drug-likeness (QED) is 0.811. The van der Waals surface area contributed by atoms with Crippen molar-refractivity contribution in [1.29, 1.82) is 0 Å². The lowest BCUT2D eigenvalue weighted by Crippen LogP contribution is -2.11. The van der Waals surface area contributed by atoms with Gasteiger partial charge in [0.05, 0.1) is 10.6 Å². The van der Waals surface area contributed by atoms with Gasteiger partial charge in [-0.05, 0) is 31.2 Å². The van der Waals surface area contributed by atoms with E-state index in [9.17, 15) is 8.42 Å². The highest BCUT2D eigenvalue weighted by molar-refractivity contribution is 9.10. The van der Waals surface area contributed by atoms with E-state index in [1.165, 1.54) is 6.26 Å². The molecule has 16 heavy (non-hydrogen) atoms. The lowest BCUT2D eigenvalue weighted by atomic mass is 10.3. The first kappa shape index (κ1) is 13.5. The van der Waals surface area contributed by atoms with Gasteiger partial charge in [0.2, 0.25) is 0 Å². The third-order valence-electron chi connectivity index (χ3n) is 2.04. The van der Waals surface area contributed by atoms with Gasteiger partial charge in [-0.1, -0.05) is 15.9 Å². The molecule has 3 N–H and O–H groups in total. The van der Waals surface area contributed by atoms with E-state index in [4.69, 9.17) is 5.73 Å². The third kappa shape index (κ3) is 3.77. The van der Waals surface area contributed by atoms with Crippen molar-refractivity contribution in [1.82, 2.24) is 0 Å². The molecular formula is C10H15BrN2O2S. The molecule has 0 amide bonds. The van der Waals surface area contributed by atoms with E-state index in [1.54, 1.807) is 18.2 Å². The first-order valence-electron chi connectivity index (χ1n) is 4.88. The molecule has 6 heteroatoms. The zero-order valence-electron chi connectivity index (χ0n) is 9.03. The van der Waals surface area contributed by atoms with Gasteiger partial charge in [-0.3, -0.25) is 0 Å². The van der Waals surface area contributed by atoms with Gasteiger partial charge in [0.25, 0.3) is 0 Å². The minimum Gasteiger partial charge on any atom is -0.384 e. The van der Waals surface area contributed by atoms with Crippen LogP contribution in [0.5, 0.6) is 0 Å². The van der Waals surface area contributed by atoms with Gasteiger partial charge >= 0.3 is 0 Å². The SMILES string of the molecule is CS(=O)(=O)c1ccc(Br)cc1NCCCN. The molecule has 0 saturated heterocycles. The fraction of sp³-hybridized carbons (Fsp3) is 0.400. The Labute approximate surface area is 104 Å². The van der Waals surface area contributed by atoms with Crippen LogP contribution in [0.4, 0.5) is 5.69 Å². The maximum atomic E-state index is 11.5. The number of nitrogens with two attached hydrogens (primary N) is 1. The summed E-state index contributed by atoms with van der Waals surface area (Å²) in [5.74, 6) is 0. The summed E-state index contributed by atoms with van der Waals surface area (Å²) in [6.07, 6.45) is 2.00. The average Bonchev–Trinajstić information content (AvgIpc) is 2.16. The van der Waals surface area contributed by atoms with Gasteiger partial charge in [-0.25, -0.2) is 8.42 Å². The Kier molecular flexibility index (Phi) is 4.76. The topological polar surface area (TPSA) is 72.2 Å². The van der Waals surface area contributed by atoms with Gasteiger partial charge in [-0.15, -0.1) is 0 Å². The fourth-order valence-corrected chi connectivity index (χ4v) is 2.50. The molecule has 0 aliphatic rings. The van der Waals surface area contributed by atoms with Crippen LogP contribution in [0.2, 0.25) is 0 Å². The second-order valence-electron chi connectivity index (χ2n) is 3.48. The van der Waals surface area contributed by atoms with Crippen LogP contribution in [0.25, 0.3) is 0 Å². The number of anilines is 1. The molecule has 0 aliphatic carbocycles. The first-order valence-corrected chi connectivity index (χ1v) is 7.57. The van der Waals surface area contributed by atoms with Crippen molar-refractivity contribution < 1.29 is 8.42 Å². The van der Waals surface area contributed by atoms with Crippen molar-refractivity contribution in [2.24, 2.45) is 5.73 Å². The molecule has 1 rings (SSSR count). The first-order chi connectivity index (χ1) is 7.45. The molecular weight excluding hydrogens is 292 g/mol. The highest BCUT2D eigenvalue weighted by Gasteiger charge is 2.12. The molecule has 0 radical (unpaired) electrons. The Hall–Kier alpha value is -0.590. The molecule has 0 atom stereocenters. The molecule has 0 heterocycles. The van der Waals surface area contributed by atoms with Crippen molar-refractivity contribution in [3.05, 3.63) is 22.7 Å². The normalized spacial score (nSPS) is 11.4. The van der Waals surface area contributed by atoms with Gasteiger partial charge in [0.15, 0.2) is 9.84 Å². The van der Waals surface area contributed by atoms with Gasteiger partial charge < -0.3 is 11.1 Å². The van der Waals surface area contributed by atoms with Crippen molar-refractivity contribution in [2.45, 2.75) is 11.3 Å². The van der Waals surface area contributed by atoms with E-state index in [0.717, 1.165) is 10.9 Å². The van der Waals surface area contributed by atoms with Crippen LogP contribution in [-0.4, -0.2) is 27.8 Å². The molecule has 0 bridgehead atoms. The predicted molar refractivity (Wildman–Crippen MR) is 69.4 cm³/mol. The number of benzene rings is 1. The monoisotopic (exact) mass is 306 g/mol. The van der Waals surface area contributed by atoms with E-state index in [2.05, 4.69) is 21.2 Å². The van der Waals surface area contributed by atoms with Crippen molar-refractivity contribution in [3.63, 3.8) is 0 Å². The minimum absolute atomic E-state index is 0.313. The second-order valence-corrected chi connectivity index (χ2v) is 6.38. The highest BCUT2D eigenvalue weighted by Crippen LogP contribution is 2.25. The third-order valence-corrected chi connectivity index (χ3v) is 3.69. The molecule has 0 saturated carbocycles. The molecule has 1 aromatic rings. The average molecular weight is 307 g/mol. The summed E-state index contributed by atoms with van der Waals surface area (Å²) >= 11 is 3.31. The summed E-state index contributed by atoms with van der Waals surface area (Å²) in [7, 11) is -3.20. The number of sulfone groups is 1. The van der Waals surface area contributed by atoms with Gasteiger partial charge in [0, 0.05) is 17.3 Å². The summed E-state index contributed by atoms with van der Waals surface area (Å²) in [5.41, 5.74) is 5.99. The minimum atomic E-state index is -3.20. The number of hydrogen-bond acceptors (Lipinski definition) is 4. The van der Waals surface area contributed by atoms with Gasteiger partial charge in [0.1, 0.15) is 0 Å². The van der Waals surface area contributed by atoms with E-state index >= 15 is 0 Å². The Morgan fingerprint density at radius 1 is 1.44 bits per heavy atom. The summed E-state index contributed by atoms with van der Waals surface area (Å²) < 4.78 is 23.9. The van der Waals surface area contributed by atoms with Crippen LogP contribution >= 0.6 is 15.9 Å². The summed E-state index contributed by atoms with van der Waals surface area (Å²) in [4.78, 5) is 0.313. The van der Waals surface area contributed by atoms with Gasteiger partial charge in [-0.2, -0.15) is 0 Å². The second kappa shape index (κ2) is 5.65. The van der Waals surface area contributed by atoms with Crippen LogP contribution in [0, 0.1) is 0 Å². The van der Waals surface area contributed by atoms with E-state index in [1.807, 2.05) is 0 Å². The van der Waals surface area contributed by atoms with E-state index in [0.29, 0.717) is 23.7 Å². The number of rotatable bonds is 5. The number of halogens is 1. The Bertz CT molecular complexity index is 460. The molecule has 0 aliphatic heterocycles. The standard InChI is InChI=1S/C10H15BrN2O2S/c1-16(14,15)10-4-3-8(11)7-9(10)13-6-2-5-12/h3-4,7,13H,2,5-6,12H2,1H3. The predicted octanol–water partition coefficient (Wildman–Crippen LogP) is 1.61. The lowest BCUT2D eigenvalue weighted by molar-refractivity contribution is 0.602. The summed E-state index contributed by atoms with van der Waals surface area (Å²) in [6, 6.07) is 5.06. The Morgan fingerprint density at radius 2 is 2.12 bits per heavy atom. The molecule has 0 fully saturated rings. The number of hydrogen-bond donors (Lipinski definition) is 2. The lowest BCUT2D eigenvalue weighted by Gasteiger charge is -2.10. The van der Waals surface area contributed by atoms with Crippen molar-refractivity contribution in [3.8, 4) is 0 Å². The van der Waals surface area contributed by atoms with Crippen LogP contribution in [0.15, 0.2) is 27.6 Å². The maximum Gasteiger partial charge on any atom is 0.177 e. The Morgan fingerprint density at radius 3 is 2.69 bits per heavy atom. The molecule has 0 aromatic heterocycles. The Balaban J connectivity index is 3.00. The summed E-state index contributed by atoms with van der Waals surface area (Å²) in [5, 5.41) is 3.07. The van der Waals surface area contributed by atoms with Crippen LogP contribution in [-0.2, 0) is 9.84 Å². The molecule has 0 spiro atoms.